The summed E-state index contributed by atoms with van der Waals surface area (Å²) in [6, 6.07) is 5.90. The fourth-order valence-electron chi connectivity index (χ4n) is 2.66. The van der Waals surface area contributed by atoms with Gasteiger partial charge < -0.3 is 10.0 Å². The first-order valence-corrected chi connectivity index (χ1v) is 7.28. The Morgan fingerprint density at radius 1 is 1.14 bits per heavy atom. The Bertz CT molecular complexity index is 542. The summed E-state index contributed by atoms with van der Waals surface area (Å²) in [6.45, 7) is 6.58. The summed E-state index contributed by atoms with van der Waals surface area (Å²) in [5.74, 6) is -0.766. The molecule has 1 aliphatic rings. The van der Waals surface area contributed by atoms with Gasteiger partial charge in [0.05, 0.1) is 6.54 Å². The van der Waals surface area contributed by atoms with Crippen molar-refractivity contribution in [3.63, 3.8) is 0 Å². The van der Waals surface area contributed by atoms with E-state index in [1.165, 1.54) is 0 Å². The number of carboxylic acids is 1. The maximum Gasteiger partial charge on any atom is 0.317 e. The molecule has 0 saturated carbocycles. The number of hydrogen-bond acceptors (Lipinski definition) is 3. The first-order valence-electron chi connectivity index (χ1n) is 7.28. The Balaban J connectivity index is 2.06. The molecule has 1 aromatic carbocycles. The highest BCUT2D eigenvalue weighted by Gasteiger charge is 2.22. The lowest BCUT2D eigenvalue weighted by Crippen LogP contribution is -2.37. The number of carboxylic acid groups (broad SMARTS) is 1. The summed E-state index contributed by atoms with van der Waals surface area (Å²) in [5, 5.41) is 8.86. The first kappa shape index (κ1) is 15.5. The molecule has 0 bridgehead atoms. The molecule has 1 aliphatic heterocycles. The normalized spacial score (nSPS) is 16.6. The van der Waals surface area contributed by atoms with Gasteiger partial charge in [-0.3, -0.25) is 14.5 Å². The molecule has 1 aromatic rings. The zero-order valence-corrected chi connectivity index (χ0v) is 12.6. The highest BCUT2D eigenvalue weighted by atomic mass is 16.4. The van der Waals surface area contributed by atoms with E-state index in [2.05, 4.69) is 0 Å². The van der Waals surface area contributed by atoms with Gasteiger partial charge in [-0.1, -0.05) is 17.7 Å². The van der Waals surface area contributed by atoms with E-state index >= 15 is 0 Å². The van der Waals surface area contributed by atoms with Crippen molar-refractivity contribution in [3.05, 3.63) is 34.9 Å². The van der Waals surface area contributed by atoms with Gasteiger partial charge >= 0.3 is 5.97 Å². The number of aryl methyl sites for hydroxylation is 2. The molecule has 1 saturated heterocycles. The quantitative estimate of drug-likeness (QED) is 0.917. The molecule has 1 heterocycles. The van der Waals surface area contributed by atoms with Crippen molar-refractivity contribution in [2.24, 2.45) is 0 Å². The topological polar surface area (TPSA) is 60.9 Å². The molecule has 1 fully saturated rings. The highest BCUT2D eigenvalue weighted by molar-refractivity contribution is 5.95. The number of aliphatic carboxylic acids is 1. The van der Waals surface area contributed by atoms with Crippen LogP contribution in [0.4, 0.5) is 0 Å². The van der Waals surface area contributed by atoms with E-state index in [4.69, 9.17) is 5.11 Å². The maximum atomic E-state index is 12.6. The number of amides is 1. The van der Waals surface area contributed by atoms with Crippen LogP contribution in [0.1, 0.15) is 27.9 Å². The van der Waals surface area contributed by atoms with Gasteiger partial charge in [-0.25, -0.2) is 0 Å². The molecule has 5 heteroatoms. The van der Waals surface area contributed by atoms with Crippen molar-refractivity contribution in [2.75, 3.05) is 32.7 Å². The van der Waals surface area contributed by atoms with Crippen LogP contribution in [0.15, 0.2) is 18.2 Å². The summed E-state index contributed by atoms with van der Waals surface area (Å²) < 4.78 is 0. The van der Waals surface area contributed by atoms with Crippen molar-refractivity contribution in [3.8, 4) is 0 Å². The third-order valence-electron chi connectivity index (χ3n) is 3.86. The molecular weight excluding hydrogens is 268 g/mol. The maximum absolute atomic E-state index is 12.6. The van der Waals surface area contributed by atoms with E-state index in [1.807, 2.05) is 41.8 Å². The zero-order chi connectivity index (χ0) is 15.4. The largest absolute Gasteiger partial charge is 0.480 e. The Labute approximate surface area is 125 Å². The molecule has 0 aliphatic carbocycles. The lowest BCUT2D eigenvalue weighted by atomic mass is 10.0. The minimum absolute atomic E-state index is 0.0471. The number of rotatable bonds is 3. The Kier molecular flexibility index (Phi) is 4.96. The average Bonchev–Trinajstić information content (AvgIpc) is 2.66. The smallest absolute Gasteiger partial charge is 0.317 e. The molecule has 1 N–H and O–H groups in total. The average molecular weight is 290 g/mol. The first-order chi connectivity index (χ1) is 9.97. The van der Waals surface area contributed by atoms with Gasteiger partial charge in [0, 0.05) is 31.7 Å². The van der Waals surface area contributed by atoms with Gasteiger partial charge in [0.2, 0.25) is 0 Å². The predicted octanol–water partition coefficient (Wildman–Crippen LogP) is 1.54. The van der Waals surface area contributed by atoms with Gasteiger partial charge in [-0.2, -0.15) is 0 Å². The second kappa shape index (κ2) is 6.72. The molecule has 2 rings (SSSR count). The van der Waals surface area contributed by atoms with Gasteiger partial charge in [-0.15, -0.1) is 0 Å². The minimum Gasteiger partial charge on any atom is -0.480 e. The molecule has 114 valence electrons. The van der Waals surface area contributed by atoms with Crippen LogP contribution in [0.5, 0.6) is 0 Å². The van der Waals surface area contributed by atoms with E-state index in [-0.39, 0.29) is 12.5 Å². The summed E-state index contributed by atoms with van der Waals surface area (Å²) in [6.07, 6.45) is 0.809. The van der Waals surface area contributed by atoms with Crippen LogP contribution in [-0.4, -0.2) is 59.5 Å². The lowest BCUT2D eigenvalue weighted by molar-refractivity contribution is -0.138. The second-order valence-corrected chi connectivity index (χ2v) is 5.63. The van der Waals surface area contributed by atoms with Crippen molar-refractivity contribution in [2.45, 2.75) is 20.3 Å². The third kappa shape index (κ3) is 4.04. The van der Waals surface area contributed by atoms with E-state index in [9.17, 15) is 9.59 Å². The lowest BCUT2D eigenvalue weighted by Gasteiger charge is -2.22. The second-order valence-electron chi connectivity index (χ2n) is 5.63. The molecule has 0 unspecified atom stereocenters. The van der Waals surface area contributed by atoms with E-state index < -0.39 is 5.97 Å². The Morgan fingerprint density at radius 3 is 2.62 bits per heavy atom. The number of benzene rings is 1. The predicted molar refractivity (Wildman–Crippen MR) is 80.5 cm³/mol. The van der Waals surface area contributed by atoms with Gasteiger partial charge in [0.25, 0.3) is 5.91 Å². The van der Waals surface area contributed by atoms with Gasteiger partial charge in [0.15, 0.2) is 0 Å². The standard InChI is InChI=1S/C16H22N2O3/c1-12-4-5-13(2)14(10-12)16(21)18-7-3-6-17(8-9-18)11-15(19)20/h4-5,10H,3,6-9,11H2,1-2H3,(H,19,20). The molecule has 5 nitrogen and oxygen atoms in total. The van der Waals surface area contributed by atoms with Gasteiger partial charge in [-0.05, 0) is 31.9 Å². The Morgan fingerprint density at radius 2 is 1.90 bits per heavy atom. The summed E-state index contributed by atoms with van der Waals surface area (Å²) in [7, 11) is 0. The zero-order valence-electron chi connectivity index (χ0n) is 12.6. The molecule has 0 atom stereocenters. The van der Waals surface area contributed by atoms with Crippen molar-refractivity contribution in [1.29, 1.82) is 0 Å². The Hall–Kier alpha value is -1.88. The van der Waals surface area contributed by atoms with Crippen LogP contribution in [0.25, 0.3) is 0 Å². The molecule has 0 spiro atoms. The fraction of sp³-hybridized carbons (Fsp3) is 0.500. The minimum atomic E-state index is -0.815. The van der Waals surface area contributed by atoms with Crippen molar-refractivity contribution in [1.82, 2.24) is 9.80 Å². The van der Waals surface area contributed by atoms with Crippen LogP contribution in [0.2, 0.25) is 0 Å². The number of nitrogens with zero attached hydrogens (tertiary/aromatic N) is 2. The van der Waals surface area contributed by atoms with E-state index in [0.717, 1.165) is 29.7 Å². The number of hydrogen-bond donors (Lipinski definition) is 1. The molecule has 0 aromatic heterocycles. The van der Waals surface area contributed by atoms with Crippen LogP contribution in [0, 0.1) is 13.8 Å². The van der Waals surface area contributed by atoms with Crippen LogP contribution in [-0.2, 0) is 4.79 Å². The van der Waals surface area contributed by atoms with Crippen molar-refractivity contribution >= 4 is 11.9 Å². The highest BCUT2D eigenvalue weighted by Crippen LogP contribution is 2.15. The van der Waals surface area contributed by atoms with E-state index in [0.29, 0.717) is 19.6 Å². The summed E-state index contributed by atoms with van der Waals surface area (Å²) in [4.78, 5) is 27.1. The number of carbonyl (C=O) groups is 2. The third-order valence-corrected chi connectivity index (χ3v) is 3.86. The fourth-order valence-corrected chi connectivity index (χ4v) is 2.66. The van der Waals surface area contributed by atoms with Crippen LogP contribution in [0.3, 0.4) is 0 Å². The van der Waals surface area contributed by atoms with Crippen molar-refractivity contribution < 1.29 is 14.7 Å². The van der Waals surface area contributed by atoms with Crippen LogP contribution >= 0.6 is 0 Å². The summed E-state index contributed by atoms with van der Waals surface area (Å²) >= 11 is 0. The molecular formula is C16H22N2O3. The van der Waals surface area contributed by atoms with Crippen LogP contribution < -0.4 is 0 Å². The summed E-state index contributed by atoms with van der Waals surface area (Å²) in [5.41, 5.74) is 2.81. The molecule has 21 heavy (non-hydrogen) atoms. The van der Waals surface area contributed by atoms with E-state index in [1.54, 1.807) is 0 Å². The monoisotopic (exact) mass is 290 g/mol. The SMILES string of the molecule is Cc1ccc(C)c(C(=O)N2CCCN(CC(=O)O)CC2)c1. The molecule has 0 radical (unpaired) electrons. The number of carbonyl (C=O) groups excluding carboxylic acids is 1. The molecule has 1 amide bonds. The van der Waals surface area contributed by atoms with Gasteiger partial charge in [0.1, 0.15) is 0 Å².